The Balaban J connectivity index is 2.67. The monoisotopic (exact) mass is 573 g/mol. The summed E-state index contributed by atoms with van der Waals surface area (Å²) in [6, 6.07) is 7.76. The zero-order valence-electron chi connectivity index (χ0n) is 25.1. The van der Waals surface area contributed by atoms with E-state index in [4.69, 9.17) is 16.3 Å². The molecule has 2 rings (SSSR count). The van der Waals surface area contributed by atoms with Gasteiger partial charge in [-0.15, -0.1) is 0 Å². The number of amides is 3. The number of para-hydroxylation sites is 1. The van der Waals surface area contributed by atoms with Crippen molar-refractivity contribution in [1.82, 2.24) is 10.2 Å². The predicted octanol–water partition coefficient (Wildman–Crippen LogP) is 6.91. The van der Waals surface area contributed by atoms with Gasteiger partial charge in [-0.3, -0.25) is 9.59 Å². The maximum Gasteiger partial charge on any atom is 0.408 e. The number of nitrogens with one attached hydrogen (secondary N) is 2. The lowest BCUT2D eigenvalue weighted by Crippen LogP contribution is -2.56. The van der Waals surface area contributed by atoms with Crippen LogP contribution in [0.3, 0.4) is 0 Å². The quantitative estimate of drug-likeness (QED) is 0.286. The first-order valence-electron chi connectivity index (χ1n) is 13.8. The predicted molar refractivity (Wildman–Crippen MR) is 160 cm³/mol. The van der Waals surface area contributed by atoms with E-state index < -0.39 is 35.6 Å². The lowest BCUT2D eigenvalue weighted by atomic mass is 9.93. The summed E-state index contributed by atoms with van der Waals surface area (Å²) >= 11 is 6.43. The molecule has 2 aromatic carbocycles. The van der Waals surface area contributed by atoms with Crippen molar-refractivity contribution in [3.63, 3.8) is 0 Å². The number of rotatable bonds is 10. The maximum atomic E-state index is 14.4. The minimum atomic E-state index is -1.08. The average molecular weight is 574 g/mol. The van der Waals surface area contributed by atoms with Gasteiger partial charge < -0.3 is 25.4 Å². The van der Waals surface area contributed by atoms with Crippen LogP contribution in [0.25, 0.3) is 0 Å². The third-order valence-corrected chi connectivity index (χ3v) is 7.32. The zero-order chi connectivity index (χ0) is 30.4. The van der Waals surface area contributed by atoms with Crippen molar-refractivity contribution in [2.24, 2.45) is 5.92 Å². The van der Waals surface area contributed by atoms with E-state index >= 15 is 0 Å². The molecule has 0 fully saturated rings. The average Bonchev–Trinajstić information content (AvgIpc) is 2.87. The molecule has 0 aliphatic heterocycles. The molecular weight excluding hydrogens is 530 g/mol. The molecule has 2 aromatic rings. The second kappa shape index (κ2) is 13.9. The Hall–Kier alpha value is -3.26. The molecule has 0 aliphatic rings. The molecule has 8 nitrogen and oxygen atoms in total. The molecule has 220 valence electrons. The molecule has 0 heterocycles. The van der Waals surface area contributed by atoms with Crippen LogP contribution in [-0.4, -0.2) is 45.6 Å². The molecule has 4 unspecified atom stereocenters. The number of aromatic hydroxyl groups is 1. The number of phenols is 1. The molecule has 0 bridgehead atoms. The highest BCUT2D eigenvalue weighted by molar-refractivity contribution is 6.34. The highest BCUT2D eigenvalue weighted by Gasteiger charge is 2.40. The van der Waals surface area contributed by atoms with Gasteiger partial charge in [0.1, 0.15) is 23.4 Å². The fourth-order valence-electron chi connectivity index (χ4n) is 4.34. The van der Waals surface area contributed by atoms with E-state index in [0.29, 0.717) is 34.7 Å². The van der Waals surface area contributed by atoms with E-state index in [0.717, 1.165) is 5.56 Å². The van der Waals surface area contributed by atoms with Crippen LogP contribution in [-0.2, 0) is 14.3 Å². The Labute approximate surface area is 243 Å². The Morgan fingerprint density at radius 3 is 2.20 bits per heavy atom. The summed E-state index contributed by atoms with van der Waals surface area (Å²) in [7, 11) is 0. The minimum Gasteiger partial charge on any atom is -0.508 e. The highest BCUT2D eigenvalue weighted by Crippen LogP contribution is 2.33. The maximum absolute atomic E-state index is 14.4. The lowest BCUT2D eigenvalue weighted by Gasteiger charge is -2.39. The van der Waals surface area contributed by atoms with E-state index in [2.05, 4.69) is 10.6 Å². The van der Waals surface area contributed by atoms with Crippen molar-refractivity contribution >= 4 is 35.2 Å². The molecule has 0 aromatic heterocycles. The van der Waals surface area contributed by atoms with Crippen LogP contribution in [0, 0.1) is 19.8 Å². The first-order chi connectivity index (χ1) is 18.6. The van der Waals surface area contributed by atoms with E-state index in [9.17, 15) is 19.5 Å². The van der Waals surface area contributed by atoms with Crippen molar-refractivity contribution in [2.45, 2.75) is 98.9 Å². The molecular formula is C31H44ClN3O5. The van der Waals surface area contributed by atoms with Crippen molar-refractivity contribution in [1.29, 1.82) is 0 Å². The first kappa shape index (κ1) is 32.9. The molecule has 0 spiro atoms. The van der Waals surface area contributed by atoms with Gasteiger partial charge in [0.15, 0.2) is 0 Å². The number of ether oxygens (including phenoxy) is 1. The largest absolute Gasteiger partial charge is 0.508 e. The number of carbonyl (C=O) groups is 3. The zero-order valence-corrected chi connectivity index (χ0v) is 25.8. The number of hydrogen-bond donors (Lipinski definition) is 3. The standard InChI is InChI=1S/C31H44ClN3O5/c1-10-18(3)26(34-30(39)40-31(7,8)9)29(38)35(21(6)11-2)27(22-15-16-24(36)20(5)17-22)28(37)33-25-19(4)13-12-14-23(25)32/h12-18,21,26-27,36H,10-11H2,1-9H3,(H,33,37)(H,34,39). The van der Waals surface area contributed by atoms with Crippen LogP contribution in [0.15, 0.2) is 36.4 Å². The summed E-state index contributed by atoms with van der Waals surface area (Å²) in [5.41, 5.74) is 1.56. The normalized spacial score (nSPS) is 14.4. The Morgan fingerprint density at radius 1 is 1.02 bits per heavy atom. The number of hydrogen-bond acceptors (Lipinski definition) is 5. The Bertz CT molecular complexity index is 1190. The summed E-state index contributed by atoms with van der Waals surface area (Å²) in [6.45, 7) is 16.4. The van der Waals surface area contributed by atoms with E-state index in [1.807, 2.05) is 40.7 Å². The number of alkyl carbamates (subject to hydrolysis) is 1. The Morgan fingerprint density at radius 2 is 1.68 bits per heavy atom. The molecule has 0 saturated carbocycles. The molecule has 3 amide bonds. The van der Waals surface area contributed by atoms with Gasteiger partial charge in [0.05, 0.1) is 10.7 Å². The van der Waals surface area contributed by atoms with Crippen molar-refractivity contribution in [2.75, 3.05) is 5.32 Å². The van der Waals surface area contributed by atoms with Gasteiger partial charge in [0.2, 0.25) is 5.91 Å². The Kier molecular flexibility index (Phi) is 11.4. The second-order valence-corrected chi connectivity index (χ2v) is 11.8. The number of benzene rings is 2. The molecule has 40 heavy (non-hydrogen) atoms. The van der Waals surface area contributed by atoms with Crippen LogP contribution in [0.4, 0.5) is 10.5 Å². The van der Waals surface area contributed by atoms with Crippen molar-refractivity contribution in [3.05, 3.63) is 58.1 Å². The van der Waals surface area contributed by atoms with Gasteiger partial charge in [-0.1, -0.05) is 57.0 Å². The summed E-state index contributed by atoms with van der Waals surface area (Å²) in [5, 5.41) is 16.3. The summed E-state index contributed by atoms with van der Waals surface area (Å²) < 4.78 is 5.46. The third-order valence-electron chi connectivity index (χ3n) is 7.00. The van der Waals surface area contributed by atoms with Crippen LogP contribution in [0.2, 0.25) is 5.02 Å². The number of anilines is 1. The lowest BCUT2D eigenvalue weighted by molar-refractivity contribution is -0.144. The molecule has 3 N–H and O–H groups in total. The summed E-state index contributed by atoms with van der Waals surface area (Å²) in [5.74, 6) is -1.04. The number of nitrogens with zero attached hydrogens (tertiary/aromatic N) is 1. The summed E-state index contributed by atoms with van der Waals surface area (Å²) in [4.78, 5) is 42.8. The number of halogens is 1. The fourth-order valence-corrected chi connectivity index (χ4v) is 4.61. The number of carbonyl (C=O) groups excluding carboxylic acids is 3. The van der Waals surface area contributed by atoms with E-state index in [1.54, 1.807) is 52.0 Å². The summed E-state index contributed by atoms with van der Waals surface area (Å²) in [6.07, 6.45) is 0.453. The minimum absolute atomic E-state index is 0.0790. The molecule has 0 saturated heterocycles. The molecule has 0 radical (unpaired) electrons. The molecule has 4 atom stereocenters. The topological polar surface area (TPSA) is 108 Å². The number of aryl methyl sites for hydroxylation is 2. The SMILES string of the molecule is CCC(C)C(NC(=O)OC(C)(C)C)C(=O)N(C(C)CC)C(C(=O)Nc1c(C)cccc1Cl)c1ccc(O)c(C)c1. The van der Waals surface area contributed by atoms with Gasteiger partial charge >= 0.3 is 6.09 Å². The molecule has 9 heteroatoms. The van der Waals surface area contributed by atoms with Crippen LogP contribution < -0.4 is 10.6 Å². The van der Waals surface area contributed by atoms with Gasteiger partial charge in [-0.25, -0.2) is 4.79 Å². The van der Waals surface area contributed by atoms with Crippen LogP contribution in [0.5, 0.6) is 5.75 Å². The van der Waals surface area contributed by atoms with Crippen LogP contribution >= 0.6 is 11.6 Å². The third kappa shape index (κ3) is 8.37. The highest BCUT2D eigenvalue weighted by atomic mass is 35.5. The van der Waals surface area contributed by atoms with Crippen molar-refractivity contribution < 1.29 is 24.2 Å². The number of phenolic OH excluding ortho intramolecular Hbond substituents is 1. The fraction of sp³-hybridized carbons (Fsp3) is 0.516. The van der Waals surface area contributed by atoms with Crippen molar-refractivity contribution in [3.8, 4) is 5.75 Å². The van der Waals surface area contributed by atoms with Crippen LogP contribution in [0.1, 0.15) is 84.0 Å². The van der Waals surface area contributed by atoms with Gasteiger partial charge in [0.25, 0.3) is 5.91 Å². The second-order valence-electron chi connectivity index (χ2n) is 11.4. The molecule has 0 aliphatic carbocycles. The van der Waals surface area contributed by atoms with Gasteiger partial charge in [-0.2, -0.15) is 0 Å². The smallest absolute Gasteiger partial charge is 0.408 e. The van der Waals surface area contributed by atoms with Gasteiger partial charge in [0, 0.05) is 6.04 Å². The van der Waals surface area contributed by atoms with E-state index in [1.165, 1.54) is 11.0 Å². The van der Waals surface area contributed by atoms with E-state index in [-0.39, 0.29) is 17.7 Å². The van der Waals surface area contributed by atoms with Gasteiger partial charge in [-0.05, 0) is 88.8 Å². The first-order valence-corrected chi connectivity index (χ1v) is 14.2.